The highest BCUT2D eigenvalue weighted by Crippen LogP contribution is 2.14. The van der Waals surface area contributed by atoms with Gasteiger partial charge in [0, 0.05) is 0 Å². The molecule has 1 aromatic rings. The van der Waals surface area contributed by atoms with Crippen molar-refractivity contribution in [3.63, 3.8) is 0 Å². The largest absolute Gasteiger partial charge is 0.465 e. The Balaban J connectivity index is 2.48. The molecule has 0 radical (unpaired) electrons. The number of hydrogen-bond donors (Lipinski definition) is 1. The number of rotatable bonds is 6. The van der Waals surface area contributed by atoms with Gasteiger partial charge >= 0.3 is 5.97 Å². The number of esters is 1. The van der Waals surface area contributed by atoms with Gasteiger partial charge in [-0.25, -0.2) is 0 Å². The summed E-state index contributed by atoms with van der Waals surface area (Å²) in [6, 6.07) is 6.42. The zero-order valence-electron chi connectivity index (χ0n) is 11.9. The topological polar surface area (TPSA) is 75.7 Å². The third-order valence-electron chi connectivity index (χ3n) is 2.49. The van der Waals surface area contributed by atoms with Crippen LogP contribution >= 0.6 is 11.6 Å². The maximum Gasteiger partial charge on any atom is 0.320 e. The SMILES string of the molecule is CCOC(=O)CN(C)CC(=O)NC(=O)c1ccccc1Cl. The van der Waals surface area contributed by atoms with E-state index in [1.165, 1.54) is 11.0 Å². The Hall–Kier alpha value is -1.92. The summed E-state index contributed by atoms with van der Waals surface area (Å²) in [4.78, 5) is 36.3. The van der Waals surface area contributed by atoms with E-state index >= 15 is 0 Å². The number of ether oxygens (including phenoxy) is 1. The lowest BCUT2D eigenvalue weighted by Gasteiger charge is -2.14. The van der Waals surface area contributed by atoms with E-state index in [1.807, 2.05) is 0 Å². The molecule has 1 N–H and O–H groups in total. The standard InChI is InChI=1S/C14H17ClN2O4/c1-3-21-13(19)9-17(2)8-12(18)16-14(20)10-6-4-5-7-11(10)15/h4-7H,3,8-9H2,1-2H3,(H,16,18,20). The molecule has 2 amide bonds. The van der Waals surface area contributed by atoms with Gasteiger partial charge in [0.25, 0.3) is 5.91 Å². The first kappa shape index (κ1) is 17.1. The number of hydrogen-bond acceptors (Lipinski definition) is 5. The Bertz CT molecular complexity index is 533. The molecule has 0 heterocycles. The fraction of sp³-hybridized carbons (Fsp3) is 0.357. The van der Waals surface area contributed by atoms with Gasteiger partial charge in [-0.05, 0) is 26.1 Å². The summed E-state index contributed by atoms with van der Waals surface area (Å²) >= 11 is 5.87. The Morgan fingerprint density at radius 3 is 2.52 bits per heavy atom. The average Bonchev–Trinajstić information content (AvgIpc) is 2.38. The second-order valence-corrected chi connectivity index (χ2v) is 4.74. The van der Waals surface area contributed by atoms with Gasteiger partial charge in [0.2, 0.25) is 5.91 Å². The van der Waals surface area contributed by atoms with Crippen LogP contribution in [0.3, 0.4) is 0 Å². The molecule has 1 aromatic carbocycles. The van der Waals surface area contributed by atoms with Crippen molar-refractivity contribution in [2.45, 2.75) is 6.92 Å². The van der Waals surface area contributed by atoms with Crippen LogP contribution in [0.1, 0.15) is 17.3 Å². The molecule has 0 atom stereocenters. The molecule has 6 nitrogen and oxygen atoms in total. The van der Waals surface area contributed by atoms with E-state index in [2.05, 4.69) is 5.32 Å². The van der Waals surface area contributed by atoms with Crippen molar-refractivity contribution >= 4 is 29.4 Å². The summed E-state index contributed by atoms with van der Waals surface area (Å²) in [6.45, 7) is 1.85. The first-order valence-corrected chi connectivity index (χ1v) is 6.74. The van der Waals surface area contributed by atoms with E-state index in [9.17, 15) is 14.4 Å². The van der Waals surface area contributed by atoms with Crippen molar-refractivity contribution < 1.29 is 19.1 Å². The van der Waals surface area contributed by atoms with Crippen molar-refractivity contribution in [1.29, 1.82) is 0 Å². The summed E-state index contributed by atoms with van der Waals surface area (Å²) in [7, 11) is 1.58. The van der Waals surface area contributed by atoms with Gasteiger partial charge in [-0.3, -0.25) is 24.6 Å². The highest BCUT2D eigenvalue weighted by molar-refractivity contribution is 6.34. The van der Waals surface area contributed by atoms with Gasteiger partial charge in [-0.15, -0.1) is 0 Å². The number of halogens is 1. The smallest absolute Gasteiger partial charge is 0.320 e. The van der Waals surface area contributed by atoms with Crippen LogP contribution in [0.15, 0.2) is 24.3 Å². The van der Waals surface area contributed by atoms with Crippen LogP contribution < -0.4 is 5.32 Å². The predicted octanol–water partition coefficient (Wildman–Crippen LogP) is 1.09. The molecule has 21 heavy (non-hydrogen) atoms. The van der Waals surface area contributed by atoms with E-state index < -0.39 is 17.8 Å². The Morgan fingerprint density at radius 2 is 1.90 bits per heavy atom. The normalized spacial score (nSPS) is 10.3. The van der Waals surface area contributed by atoms with Crippen molar-refractivity contribution in [3.8, 4) is 0 Å². The lowest BCUT2D eigenvalue weighted by molar-refractivity contribution is -0.144. The summed E-state index contributed by atoms with van der Waals surface area (Å²) in [6.07, 6.45) is 0. The van der Waals surface area contributed by atoms with E-state index in [-0.39, 0.29) is 30.3 Å². The number of likely N-dealkylation sites (N-methyl/N-ethyl adjacent to an activating group) is 1. The van der Waals surface area contributed by atoms with E-state index in [1.54, 1.807) is 32.2 Å². The molecule has 0 aromatic heterocycles. The molecule has 0 unspecified atom stereocenters. The van der Waals surface area contributed by atoms with Crippen LogP contribution in [0, 0.1) is 0 Å². The molecule has 0 saturated heterocycles. The zero-order chi connectivity index (χ0) is 15.8. The predicted molar refractivity (Wildman–Crippen MR) is 78.1 cm³/mol. The third kappa shape index (κ3) is 5.93. The second-order valence-electron chi connectivity index (χ2n) is 4.33. The lowest BCUT2D eigenvalue weighted by Crippen LogP contribution is -2.40. The second kappa shape index (κ2) is 8.39. The number of amides is 2. The molecular weight excluding hydrogens is 296 g/mol. The quantitative estimate of drug-likeness (QED) is 0.796. The molecule has 7 heteroatoms. The summed E-state index contributed by atoms with van der Waals surface area (Å²) in [5, 5.41) is 2.48. The molecule has 0 aliphatic rings. The first-order valence-electron chi connectivity index (χ1n) is 6.37. The number of carbonyl (C=O) groups is 3. The zero-order valence-corrected chi connectivity index (χ0v) is 12.6. The maximum atomic E-state index is 11.9. The minimum Gasteiger partial charge on any atom is -0.465 e. The van der Waals surface area contributed by atoms with Crippen molar-refractivity contribution in [2.24, 2.45) is 0 Å². The molecule has 0 bridgehead atoms. The van der Waals surface area contributed by atoms with Crippen LogP contribution in [0.4, 0.5) is 0 Å². The van der Waals surface area contributed by atoms with Crippen molar-refractivity contribution in [2.75, 3.05) is 26.7 Å². The van der Waals surface area contributed by atoms with Gasteiger partial charge in [-0.2, -0.15) is 0 Å². The van der Waals surface area contributed by atoms with Crippen LogP contribution in [0.2, 0.25) is 5.02 Å². The fourth-order valence-electron chi connectivity index (χ4n) is 1.61. The molecule has 0 aliphatic carbocycles. The Kier molecular flexibility index (Phi) is 6.84. The van der Waals surface area contributed by atoms with Gasteiger partial charge < -0.3 is 4.74 Å². The highest BCUT2D eigenvalue weighted by Gasteiger charge is 2.16. The van der Waals surface area contributed by atoms with E-state index in [0.29, 0.717) is 0 Å². The number of benzene rings is 1. The molecule has 0 saturated carbocycles. The summed E-state index contributed by atoms with van der Waals surface area (Å²) < 4.78 is 4.76. The monoisotopic (exact) mass is 312 g/mol. The Labute approximate surface area is 128 Å². The van der Waals surface area contributed by atoms with Crippen LogP contribution in [0.5, 0.6) is 0 Å². The number of carbonyl (C=O) groups excluding carboxylic acids is 3. The molecule has 0 fully saturated rings. The number of nitrogens with zero attached hydrogens (tertiary/aromatic N) is 1. The fourth-order valence-corrected chi connectivity index (χ4v) is 1.83. The van der Waals surface area contributed by atoms with Crippen LogP contribution in [-0.2, 0) is 14.3 Å². The third-order valence-corrected chi connectivity index (χ3v) is 2.82. The van der Waals surface area contributed by atoms with Crippen molar-refractivity contribution in [3.05, 3.63) is 34.9 Å². The first-order chi connectivity index (χ1) is 9.93. The van der Waals surface area contributed by atoms with Crippen molar-refractivity contribution in [1.82, 2.24) is 10.2 Å². The molecule has 0 spiro atoms. The minimum absolute atomic E-state index is 0.0262. The van der Waals surface area contributed by atoms with Crippen LogP contribution in [-0.4, -0.2) is 49.4 Å². The van der Waals surface area contributed by atoms with Gasteiger partial charge in [-0.1, -0.05) is 23.7 Å². The van der Waals surface area contributed by atoms with Gasteiger partial charge in [0.1, 0.15) is 0 Å². The van der Waals surface area contributed by atoms with E-state index in [0.717, 1.165) is 0 Å². The average molecular weight is 313 g/mol. The molecule has 0 aliphatic heterocycles. The highest BCUT2D eigenvalue weighted by atomic mass is 35.5. The number of nitrogens with one attached hydrogen (secondary N) is 1. The lowest BCUT2D eigenvalue weighted by atomic mass is 10.2. The maximum absolute atomic E-state index is 11.9. The molecule has 1 rings (SSSR count). The van der Waals surface area contributed by atoms with Gasteiger partial charge in [0.05, 0.1) is 30.3 Å². The van der Waals surface area contributed by atoms with Crippen LogP contribution in [0.25, 0.3) is 0 Å². The molecular formula is C14H17ClN2O4. The number of imide groups is 1. The summed E-state index contributed by atoms with van der Waals surface area (Å²) in [5.41, 5.74) is 0.223. The molecule has 114 valence electrons. The van der Waals surface area contributed by atoms with Gasteiger partial charge in [0.15, 0.2) is 0 Å². The summed E-state index contributed by atoms with van der Waals surface area (Å²) in [5.74, 6) is -1.52. The minimum atomic E-state index is -0.574. The Morgan fingerprint density at radius 1 is 1.24 bits per heavy atom. The van der Waals surface area contributed by atoms with E-state index in [4.69, 9.17) is 16.3 Å².